The Labute approximate surface area is 131 Å². The minimum absolute atomic E-state index is 0.139. The van der Waals surface area contributed by atoms with E-state index in [1.165, 1.54) is 0 Å². The average Bonchev–Trinajstić information content (AvgIpc) is 2.38. The van der Waals surface area contributed by atoms with Gasteiger partial charge in [0.15, 0.2) is 0 Å². The normalized spacial score (nSPS) is 12.2. The summed E-state index contributed by atoms with van der Waals surface area (Å²) in [7, 11) is 1.68. The largest absolute Gasteiger partial charge is 0.496 e. The molecule has 0 saturated heterocycles. The Kier molecular flexibility index (Phi) is 5.14. The molecule has 0 bridgehead atoms. The maximum Gasteiger partial charge on any atom is 0.122 e. The summed E-state index contributed by atoms with van der Waals surface area (Å²) < 4.78 is 5.36. The molecule has 100 valence electrons. The van der Waals surface area contributed by atoms with Crippen LogP contribution in [0.2, 0.25) is 10.0 Å². The monoisotopic (exact) mass is 358 g/mol. The lowest BCUT2D eigenvalue weighted by Gasteiger charge is -2.14. The zero-order chi connectivity index (χ0) is 13.8. The number of hydrogen-bond donors (Lipinski definition) is 0. The van der Waals surface area contributed by atoms with E-state index in [0.29, 0.717) is 10.0 Å². The Morgan fingerprint density at radius 1 is 1.11 bits per heavy atom. The van der Waals surface area contributed by atoms with E-state index in [1.807, 2.05) is 30.3 Å². The van der Waals surface area contributed by atoms with Crippen LogP contribution in [0.4, 0.5) is 0 Å². The highest BCUT2D eigenvalue weighted by Gasteiger charge is 2.12. The molecule has 0 spiro atoms. The van der Waals surface area contributed by atoms with Crippen molar-refractivity contribution in [2.75, 3.05) is 7.11 Å². The lowest BCUT2D eigenvalue weighted by Crippen LogP contribution is -1.98. The third-order valence-corrected chi connectivity index (χ3v) is 4.13. The summed E-state index contributed by atoms with van der Waals surface area (Å²) in [6, 6.07) is 13.5. The fourth-order valence-corrected chi connectivity index (χ4v) is 3.09. The summed E-state index contributed by atoms with van der Waals surface area (Å²) in [6.07, 6.45) is 0.806. The van der Waals surface area contributed by atoms with Gasteiger partial charge in [0, 0.05) is 14.9 Å². The van der Waals surface area contributed by atoms with Crippen molar-refractivity contribution in [3.63, 3.8) is 0 Å². The molecule has 0 saturated carbocycles. The SMILES string of the molecule is COc1ccccc1CC(Br)c1cc(Cl)cc(Cl)c1. The quantitative estimate of drug-likeness (QED) is 0.638. The van der Waals surface area contributed by atoms with Gasteiger partial charge in [0.25, 0.3) is 0 Å². The first-order chi connectivity index (χ1) is 9.10. The van der Waals surface area contributed by atoms with Crippen molar-refractivity contribution in [3.8, 4) is 5.75 Å². The van der Waals surface area contributed by atoms with Crippen LogP contribution in [0.3, 0.4) is 0 Å². The van der Waals surface area contributed by atoms with Crippen LogP contribution in [0, 0.1) is 0 Å². The predicted molar refractivity (Wildman–Crippen MR) is 84.8 cm³/mol. The first-order valence-electron chi connectivity index (χ1n) is 5.82. The molecule has 0 radical (unpaired) electrons. The maximum absolute atomic E-state index is 6.03. The third-order valence-electron chi connectivity index (χ3n) is 2.84. The Bertz CT molecular complexity index is 552. The van der Waals surface area contributed by atoms with E-state index >= 15 is 0 Å². The van der Waals surface area contributed by atoms with Crippen molar-refractivity contribution in [2.24, 2.45) is 0 Å². The molecule has 0 aromatic heterocycles. The number of halogens is 3. The van der Waals surface area contributed by atoms with E-state index in [1.54, 1.807) is 13.2 Å². The summed E-state index contributed by atoms with van der Waals surface area (Å²) in [4.78, 5) is 0.139. The fourth-order valence-electron chi connectivity index (χ4n) is 1.94. The maximum atomic E-state index is 6.03. The Hall–Kier alpha value is -0.700. The van der Waals surface area contributed by atoms with Gasteiger partial charge in [0.05, 0.1) is 7.11 Å². The second-order valence-electron chi connectivity index (χ2n) is 4.19. The molecule has 1 atom stereocenters. The van der Waals surface area contributed by atoms with Crippen LogP contribution in [-0.4, -0.2) is 7.11 Å². The van der Waals surface area contributed by atoms with Gasteiger partial charge >= 0.3 is 0 Å². The third kappa shape index (κ3) is 3.88. The molecule has 0 heterocycles. The summed E-state index contributed by atoms with van der Waals surface area (Å²) in [5.74, 6) is 0.889. The van der Waals surface area contributed by atoms with E-state index in [-0.39, 0.29) is 4.83 Å². The predicted octanol–water partition coefficient (Wildman–Crippen LogP) is 5.68. The van der Waals surface area contributed by atoms with E-state index in [0.717, 1.165) is 23.3 Å². The molecule has 0 aliphatic rings. The van der Waals surface area contributed by atoms with Gasteiger partial charge in [-0.2, -0.15) is 0 Å². The first-order valence-corrected chi connectivity index (χ1v) is 7.49. The van der Waals surface area contributed by atoms with Gasteiger partial charge in [-0.15, -0.1) is 0 Å². The van der Waals surface area contributed by atoms with Crippen LogP contribution in [0.1, 0.15) is 16.0 Å². The molecular formula is C15H13BrCl2O. The highest BCUT2D eigenvalue weighted by atomic mass is 79.9. The van der Waals surface area contributed by atoms with Crippen molar-refractivity contribution in [1.82, 2.24) is 0 Å². The minimum Gasteiger partial charge on any atom is -0.496 e. The lowest BCUT2D eigenvalue weighted by atomic mass is 10.0. The van der Waals surface area contributed by atoms with Crippen molar-refractivity contribution in [1.29, 1.82) is 0 Å². The second-order valence-corrected chi connectivity index (χ2v) is 6.16. The van der Waals surface area contributed by atoms with Gasteiger partial charge in [-0.1, -0.05) is 57.3 Å². The lowest BCUT2D eigenvalue weighted by molar-refractivity contribution is 0.409. The van der Waals surface area contributed by atoms with Gasteiger partial charge in [0.2, 0.25) is 0 Å². The summed E-state index contributed by atoms with van der Waals surface area (Å²) in [5, 5.41) is 1.29. The molecule has 0 aliphatic heterocycles. The fraction of sp³-hybridized carbons (Fsp3) is 0.200. The van der Waals surface area contributed by atoms with Crippen molar-refractivity contribution in [3.05, 3.63) is 63.6 Å². The first kappa shape index (κ1) is 14.7. The van der Waals surface area contributed by atoms with Crippen molar-refractivity contribution in [2.45, 2.75) is 11.2 Å². The van der Waals surface area contributed by atoms with Gasteiger partial charge in [-0.05, 0) is 41.8 Å². The van der Waals surface area contributed by atoms with E-state index in [4.69, 9.17) is 27.9 Å². The standard InChI is InChI=1S/C15H13BrCl2O/c1-19-15-5-3-2-4-10(15)8-14(16)11-6-12(17)9-13(18)7-11/h2-7,9,14H,8H2,1H3. The Morgan fingerprint density at radius 3 is 2.37 bits per heavy atom. The highest BCUT2D eigenvalue weighted by molar-refractivity contribution is 9.09. The number of para-hydroxylation sites is 1. The summed E-state index contributed by atoms with van der Waals surface area (Å²) in [6.45, 7) is 0. The van der Waals surface area contributed by atoms with Gasteiger partial charge in [-0.25, -0.2) is 0 Å². The molecule has 1 unspecified atom stereocenters. The highest BCUT2D eigenvalue weighted by Crippen LogP contribution is 2.33. The van der Waals surface area contributed by atoms with E-state index < -0.39 is 0 Å². The summed E-state index contributed by atoms with van der Waals surface area (Å²) in [5.41, 5.74) is 2.20. The number of benzene rings is 2. The molecule has 4 heteroatoms. The zero-order valence-corrected chi connectivity index (χ0v) is 13.5. The molecule has 0 aliphatic carbocycles. The molecular weight excluding hydrogens is 347 g/mol. The van der Waals surface area contributed by atoms with Crippen LogP contribution in [0.5, 0.6) is 5.75 Å². The number of ether oxygens (including phenoxy) is 1. The number of methoxy groups -OCH3 is 1. The van der Waals surface area contributed by atoms with Crippen LogP contribution < -0.4 is 4.74 Å². The van der Waals surface area contributed by atoms with E-state index in [2.05, 4.69) is 22.0 Å². The number of alkyl halides is 1. The van der Waals surface area contributed by atoms with Crippen LogP contribution >= 0.6 is 39.1 Å². The van der Waals surface area contributed by atoms with Gasteiger partial charge in [0.1, 0.15) is 5.75 Å². The minimum atomic E-state index is 0.139. The Balaban J connectivity index is 2.22. The summed E-state index contributed by atoms with van der Waals surface area (Å²) >= 11 is 15.7. The molecule has 0 amide bonds. The average molecular weight is 360 g/mol. The Morgan fingerprint density at radius 2 is 1.74 bits per heavy atom. The molecule has 2 aromatic rings. The van der Waals surface area contributed by atoms with Gasteiger partial charge in [-0.3, -0.25) is 0 Å². The molecule has 2 rings (SSSR count). The van der Waals surface area contributed by atoms with Gasteiger partial charge < -0.3 is 4.74 Å². The zero-order valence-electron chi connectivity index (χ0n) is 10.4. The second kappa shape index (κ2) is 6.65. The number of rotatable bonds is 4. The molecule has 19 heavy (non-hydrogen) atoms. The van der Waals surface area contributed by atoms with Crippen LogP contribution in [0.25, 0.3) is 0 Å². The molecule has 1 nitrogen and oxygen atoms in total. The molecule has 2 aromatic carbocycles. The van der Waals surface area contributed by atoms with Crippen LogP contribution in [0.15, 0.2) is 42.5 Å². The van der Waals surface area contributed by atoms with Crippen LogP contribution in [-0.2, 0) is 6.42 Å². The molecule has 0 N–H and O–H groups in total. The smallest absolute Gasteiger partial charge is 0.122 e. The number of hydrogen-bond acceptors (Lipinski definition) is 1. The molecule has 0 fully saturated rings. The van der Waals surface area contributed by atoms with Crippen molar-refractivity contribution >= 4 is 39.1 Å². The van der Waals surface area contributed by atoms with Crippen molar-refractivity contribution < 1.29 is 4.74 Å². The topological polar surface area (TPSA) is 9.23 Å². The van der Waals surface area contributed by atoms with E-state index in [9.17, 15) is 0 Å².